The van der Waals surface area contributed by atoms with Crippen LogP contribution in [-0.2, 0) is 10.0 Å². The lowest BCUT2D eigenvalue weighted by Crippen LogP contribution is -2.19. The molecule has 2 N–H and O–H groups in total. The zero-order valence-electron chi connectivity index (χ0n) is 7.57. The number of rotatable bonds is 4. The number of benzene rings is 1. The maximum Gasteiger partial charge on any atom is 0.235 e. The molecular weight excluding hydrogens is 261 g/mol. The van der Waals surface area contributed by atoms with Crippen LogP contribution < -0.4 is 4.72 Å². The molecule has 0 fully saturated rings. The molecule has 15 heavy (non-hydrogen) atoms. The van der Waals surface area contributed by atoms with Crippen molar-refractivity contribution in [3.63, 3.8) is 0 Å². The average molecular weight is 270 g/mol. The molecule has 84 valence electrons. The fraction of sp³-hybridized carbons (Fsp3) is 0.250. The largest absolute Gasteiger partial charge is 0.395 e. The van der Waals surface area contributed by atoms with Gasteiger partial charge in [-0.3, -0.25) is 4.72 Å². The molecule has 0 amide bonds. The minimum Gasteiger partial charge on any atom is -0.395 e. The Bertz CT molecular complexity index is 427. The van der Waals surface area contributed by atoms with Gasteiger partial charge in [0.15, 0.2) is 0 Å². The molecule has 0 saturated heterocycles. The number of nitrogens with one attached hydrogen (secondary N) is 1. The Hall–Kier alpha value is -0.490. The van der Waals surface area contributed by atoms with Crippen LogP contribution in [0.25, 0.3) is 0 Å². The Morgan fingerprint density at radius 3 is 2.27 bits per heavy atom. The Labute approximate surface area is 97.9 Å². The zero-order valence-corrected chi connectivity index (χ0v) is 9.90. The zero-order chi connectivity index (χ0) is 11.5. The monoisotopic (exact) mass is 269 g/mol. The summed E-state index contributed by atoms with van der Waals surface area (Å²) in [5.41, 5.74) is 0.134. The Morgan fingerprint density at radius 1 is 1.27 bits per heavy atom. The first-order chi connectivity index (χ1) is 6.96. The first-order valence-corrected chi connectivity index (χ1v) is 6.42. The van der Waals surface area contributed by atoms with Crippen molar-refractivity contribution >= 4 is 38.9 Å². The number of halogens is 2. The maximum absolute atomic E-state index is 11.3. The second-order valence-corrected chi connectivity index (χ2v) is 5.40. The van der Waals surface area contributed by atoms with Crippen LogP contribution in [0.4, 0.5) is 5.69 Å². The van der Waals surface area contributed by atoms with E-state index in [9.17, 15) is 8.42 Å². The molecule has 0 heterocycles. The van der Waals surface area contributed by atoms with Gasteiger partial charge in [0.1, 0.15) is 0 Å². The molecule has 1 rings (SSSR count). The van der Waals surface area contributed by atoms with Gasteiger partial charge in [0, 0.05) is 0 Å². The lowest BCUT2D eigenvalue weighted by atomic mass is 10.3. The highest BCUT2D eigenvalue weighted by molar-refractivity contribution is 7.92. The van der Waals surface area contributed by atoms with Crippen molar-refractivity contribution in [2.45, 2.75) is 0 Å². The number of para-hydroxylation sites is 1. The first-order valence-electron chi connectivity index (χ1n) is 4.01. The molecule has 0 aliphatic rings. The van der Waals surface area contributed by atoms with Gasteiger partial charge >= 0.3 is 0 Å². The van der Waals surface area contributed by atoms with E-state index in [1.54, 1.807) is 6.07 Å². The van der Waals surface area contributed by atoms with Crippen molar-refractivity contribution < 1.29 is 13.5 Å². The van der Waals surface area contributed by atoms with Gasteiger partial charge in [-0.2, -0.15) is 0 Å². The SMILES string of the molecule is O=S(=O)(CCO)Nc1c(Cl)cccc1Cl. The number of sulfonamides is 1. The quantitative estimate of drug-likeness (QED) is 0.875. The molecule has 0 aromatic heterocycles. The van der Waals surface area contributed by atoms with Gasteiger partial charge in [0.05, 0.1) is 28.1 Å². The van der Waals surface area contributed by atoms with Crippen molar-refractivity contribution in [3.05, 3.63) is 28.2 Å². The fourth-order valence-corrected chi connectivity index (χ4v) is 2.40. The summed E-state index contributed by atoms with van der Waals surface area (Å²) in [6.07, 6.45) is 0. The van der Waals surface area contributed by atoms with Crippen LogP contribution in [0.2, 0.25) is 10.0 Å². The highest BCUT2D eigenvalue weighted by Crippen LogP contribution is 2.30. The van der Waals surface area contributed by atoms with Crippen LogP contribution in [0.15, 0.2) is 18.2 Å². The number of aliphatic hydroxyl groups excluding tert-OH is 1. The molecule has 0 radical (unpaired) electrons. The summed E-state index contributed by atoms with van der Waals surface area (Å²) in [6.45, 7) is -0.461. The normalized spacial score (nSPS) is 11.4. The van der Waals surface area contributed by atoms with E-state index in [2.05, 4.69) is 4.72 Å². The van der Waals surface area contributed by atoms with E-state index in [0.717, 1.165) is 0 Å². The average Bonchev–Trinajstić information content (AvgIpc) is 2.11. The van der Waals surface area contributed by atoms with Crippen LogP contribution in [0.3, 0.4) is 0 Å². The summed E-state index contributed by atoms with van der Waals surface area (Å²) in [4.78, 5) is 0. The second-order valence-electron chi connectivity index (χ2n) is 2.74. The van der Waals surface area contributed by atoms with Gasteiger partial charge in [-0.05, 0) is 12.1 Å². The van der Waals surface area contributed by atoms with E-state index in [4.69, 9.17) is 28.3 Å². The summed E-state index contributed by atoms with van der Waals surface area (Å²) in [5, 5.41) is 8.96. The van der Waals surface area contributed by atoms with Gasteiger partial charge in [-0.15, -0.1) is 0 Å². The molecule has 0 bridgehead atoms. The predicted molar refractivity (Wildman–Crippen MR) is 61.0 cm³/mol. The van der Waals surface area contributed by atoms with Gasteiger partial charge in [0.25, 0.3) is 0 Å². The Morgan fingerprint density at radius 2 is 1.80 bits per heavy atom. The van der Waals surface area contributed by atoms with Crippen molar-refractivity contribution in [1.29, 1.82) is 0 Å². The third-order valence-electron chi connectivity index (χ3n) is 1.58. The first kappa shape index (κ1) is 12.6. The highest BCUT2D eigenvalue weighted by Gasteiger charge is 2.13. The van der Waals surface area contributed by atoms with Gasteiger partial charge in [-0.1, -0.05) is 29.3 Å². The summed E-state index contributed by atoms with van der Waals surface area (Å²) in [5.74, 6) is -0.394. The van der Waals surface area contributed by atoms with E-state index in [0.29, 0.717) is 0 Å². The van der Waals surface area contributed by atoms with Crippen LogP contribution in [0, 0.1) is 0 Å². The van der Waals surface area contributed by atoms with Crippen LogP contribution >= 0.6 is 23.2 Å². The van der Waals surface area contributed by atoms with Gasteiger partial charge in [-0.25, -0.2) is 8.42 Å². The molecule has 0 unspecified atom stereocenters. The summed E-state index contributed by atoms with van der Waals surface area (Å²) in [7, 11) is -3.60. The van der Waals surface area contributed by atoms with Gasteiger partial charge < -0.3 is 5.11 Å². The standard InChI is InChI=1S/C8H9Cl2NO3S/c9-6-2-1-3-7(10)8(6)11-15(13,14)5-4-12/h1-3,11-12H,4-5H2. The van der Waals surface area contributed by atoms with E-state index in [1.807, 2.05) is 0 Å². The van der Waals surface area contributed by atoms with Gasteiger partial charge in [0.2, 0.25) is 10.0 Å². The van der Waals surface area contributed by atoms with Crippen molar-refractivity contribution in [3.8, 4) is 0 Å². The molecule has 0 aliphatic carbocycles. The molecule has 4 nitrogen and oxygen atoms in total. The van der Waals surface area contributed by atoms with E-state index in [1.165, 1.54) is 12.1 Å². The third-order valence-corrected chi connectivity index (χ3v) is 3.45. The number of aliphatic hydroxyl groups is 1. The van der Waals surface area contributed by atoms with Crippen molar-refractivity contribution in [1.82, 2.24) is 0 Å². The van der Waals surface area contributed by atoms with Crippen LogP contribution in [0.5, 0.6) is 0 Å². The molecule has 1 aromatic carbocycles. The summed E-state index contributed by atoms with van der Waals surface area (Å²) >= 11 is 11.5. The Kier molecular flexibility index (Phi) is 4.21. The molecule has 0 saturated carbocycles. The van der Waals surface area contributed by atoms with E-state index >= 15 is 0 Å². The van der Waals surface area contributed by atoms with Crippen LogP contribution in [0.1, 0.15) is 0 Å². The molecule has 0 spiro atoms. The molecule has 0 atom stereocenters. The number of anilines is 1. The molecule has 0 aliphatic heterocycles. The molecular formula is C8H9Cl2NO3S. The minimum atomic E-state index is -3.60. The fourth-order valence-electron chi connectivity index (χ4n) is 0.922. The topological polar surface area (TPSA) is 66.4 Å². The second kappa shape index (κ2) is 5.03. The third kappa shape index (κ3) is 3.53. The highest BCUT2D eigenvalue weighted by atomic mass is 35.5. The van der Waals surface area contributed by atoms with E-state index < -0.39 is 22.4 Å². The predicted octanol–water partition coefficient (Wildman–Crippen LogP) is 1.73. The van der Waals surface area contributed by atoms with Crippen molar-refractivity contribution in [2.75, 3.05) is 17.1 Å². The lowest BCUT2D eigenvalue weighted by Gasteiger charge is -2.09. The summed E-state index contributed by atoms with van der Waals surface area (Å²) < 4.78 is 24.8. The van der Waals surface area contributed by atoms with Crippen molar-refractivity contribution in [2.24, 2.45) is 0 Å². The maximum atomic E-state index is 11.3. The minimum absolute atomic E-state index is 0.134. The smallest absolute Gasteiger partial charge is 0.235 e. The summed E-state index contributed by atoms with van der Waals surface area (Å²) in [6, 6.07) is 4.64. The molecule has 7 heteroatoms. The number of hydrogen-bond acceptors (Lipinski definition) is 3. The number of hydrogen-bond donors (Lipinski definition) is 2. The van der Waals surface area contributed by atoms with E-state index in [-0.39, 0.29) is 15.7 Å². The van der Waals surface area contributed by atoms with Crippen LogP contribution in [-0.4, -0.2) is 25.9 Å². The Balaban J connectivity index is 2.99. The lowest BCUT2D eigenvalue weighted by molar-refractivity contribution is 0.320. The molecule has 1 aromatic rings.